The van der Waals surface area contributed by atoms with Crippen LogP contribution in [0.5, 0.6) is 0 Å². The molecule has 0 heterocycles. The standard InChI is InChI=1S/C13H21N3O/c1-15-13(12(14)17,9-10-16(2)3)11-7-5-4-6-8-11/h4-8,15H,9-10H2,1-3H3,(H2,14,17). The van der Waals surface area contributed by atoms with Gasteiger partial charge in [-0.05, 0) is 33.1 Å². The summed E-state index contributed by atoms with van der Waals surface area (Å²) < 4.78 is 0. The van der Waals surface area contributed by atoms with E-state index in [0.717, 1.165) is 12.1 Å². The lowest BCUT2D eigenvalue weighted by atomic mass is 9.86. The quantitative estimate of drug-likeness (QED) is 0.756. The van der Waals surface area contributed by atoms with Crippen LogP contribution in [0.4, 0.5) is 0 Å². The molecule has 1 rings (SSSR count). The van der Waals surface area contributed by atoms with Gasteiger partial charge >= 0.3 is 0 Å². The Bertz CT molecular complexity index is 364. The van der Waals surface area contributed by atoms with Gasteiger partial charge in [-0.25, -0.2) is 0 Å². The fourth-order valence-electron chi connectivity index (χ4n) is 1.92. The summed E-state index contributed by atoms with van der Waals surface area (Å²) in [6.45, 7) is 0.790. The van der Waals surface area contributed by atoms with E-state index in [1.54, 1.807) is 7.05 Å². The molecule has 1 atom stereocenters. The number of nitrogens with two attached hydrogens (primary N) is 1. The van der Waals surface area contributed by atoms with Crippen molar-refractivity contribution in [3.05, 3.63) is 35.9 Å². The molecule has 3 N–H and O–H groups in total. The molecule has 0 saturated carbocycles. The largest absolute Gasteiger partial charge is 0.368 e. The van der Waals surface area contributed by atoms with Crippen LogP contribution in [0.25, 0.3) is 0 Å². The zero-order valence-electron chi connectivity index (χ0n) is 10.7. The van der Waals surface area contributed by atoms with Gasteiger partial charge in [0.1, 0.15) is 5.54 Å². The second-order valence-corrected chi connectivity index (χ2v) is 4.44. The lowest BCUT2D eigenvalue weighted by Gasteiger charge is -2.32. The Hall–Kier alpha value is -1.39. The highest BCUT2D eigenvalue weighted by Gasteiger charge is 2.36. The van der Waals surface area contributed by atoms with Gasteiger partial charge in [-0.3, -0.25) is 4.79 Å². The maximum Gasteiger partial charge on any atom is 0.242 e. The molecule has 17 heavy (non-hydrogen) atoms. The molecule has 0 bridgehead atoms. The lowest BCUT2D eigenvalue weighted by Crippen LogP contribution is -2.52. The normalized spacial score (nSPS) is 14.6. The molecule has 0 fully saturated rings. The average Bonchev–Trinajstić information content (AvgIpc) is 2.31. The van der Waals surface area contributed by atoms with Crippen LogP contribution >= 0.6 is 0 Å². The molecule has 1 aromatic carbocycles. The van der Waals surface area contributed by atoms with Crippen molar-refractivity contribution in [1.82, 2.24) is 10.2 Å². The van der Waals surface area contributed by atoms with Crippen LogP contribution in [0.1, 0.15) is 12.0 Å². The molecule has 0 spiro atoms. The van der Waals surface area contributed by atoms with E-state index in [0.29, 0.717) is 6.42 Å². The first kappa shape index (κ1) is 13.7. The Morgan fingerprint density at radius 1 is 1.35 bits per heavy atom. The van der Waals surface area contributed by atoms with Crippen molar-refractivity contribution in [2.45, 2.75) is 12.0 Å². The van der Waals surface area contributed by atoms with Gasteiger partial charge in [0, 0.05) is 6.54 Å². The van der Waals surface area contributed by atoms with Gasteiger partial charge < -0.3 is 16.0 Å². The van der Waals surface area contributed by atoms with Gasteiger partial charge in [0.15, 0.2) is 0 Å². The Kier molecular flexibility index (Phi) is 4.66. The van der Waals surface area contributed by atoms with Crippen molar-refractivity contribution >= 4 is 5.91 Å². The van der Waals surface area contributed by atoms with Crippen molar-refractivity contribution in [3.8, 4) is 0 Å². The van der Waals surface area contributed by atoms with Crippen LogP contribution in [0.2, 0.25) is 0 Å². The van der Waals surface area contributed by atoms with Crippen LogP contribution in [0.3, 0.4) is 0 Å². The Morgan fingerprint density at radius 3 is 2.35 bits per heavy atom. The topological polar surface area (TPSA) is 58.4 Å². The second-order valence-electron chi connectivity index (χ2n) is 4.44. The molecule has 0 aliphatic heterocycles. The highest BCUT2D eigenvalue weighted by Crippen LogP contribution is 2.24. The maximum absolute atomic E-state index is 11.8. The Morgan fingerprint density at radius 2 is 1.94 bits per heavy atom. The first-order chi connectivity index (χ1) is 8.03. The monoisotopic (exact) mass is 235 g/mol. The fraction of sp³-hybridized carbons (Fsp3) is 0.462. The van der Waals surface area contributed by atoms with E-state index in [9.17, 15) is 4.79 Å². The molecule has 1 amide bonds. The molecule has 1 aromatic rings. The molecule has 0 aliphatic carbocycles. The predicted octanol–water partition coefficient (Wildman–Crippen LogP) is 0.538. The van der Waals surface area contributed by atoms with Crippen molar-refractivity contribution in [2.75, 3.05) is 27.7 Å². The van der Waals surface area contributed by atoms with E-state index in [-0.39, 0.29) is 5.91 Å². The summed E-state index contributed by atoms with van der Waals surface area (Å²) in [5, 5.41) is 3.09. The molecule has 94 valence electrons. The summed E-state index contributed by atoms with van der Waals surface area (Å²) in [5.41, 5.74) is 5.71. The Balaban J connectivity index is 3.05. The predicted molar refractivity (Wildman–Crippen MR) is 69.5 cm³/mol. The number of hydrogen-bond acceptors (Lipinski definition) is 3. The number of hydrogen-bond donors (Lipinski definition) is 2. The fourth-order valence-corrected chi connectivity index (χ4v) is 1.92. The highest BCUT2D eigenvalue weighted by atomic mass is 16.1. The lowest BCUT2D eigenvalue weighted by molar-refractivity contribution is -0.125. The van der Waals surface area contributed by atoms with Crippen molar-refractivity contribution in [1.29, 1.82) is 0 Å². The third-order valence-electron chi connectivity index (χ3n) is 3.05. The maximum atomic E-state index is 11.8. The first-order valence-electron chi connectivity index (χ1n) is 5.72. The van der Waals surface area contributed by atoms with Gasteiger partial charge in [-0.15, -0.1) is 0 Å². The highest BCUT2D eigenvalue weighted by molar-refractivity contribution is 5.86. The minimum absolute atomic E-state index is 0.340. The number of benzene rings is 1. The summed E-state index contributed by atoms with van der Waals surface area (Å²) in [4.78, 5) is 13.8. The van der Waals surface area contributed by atoms with Gasteiger partial charge in [-0.1, -0.05) is 30.3 Å². The number of primary amides is 1. The number of rotatable bonds is 6. The average molecular weight is 235 g/mol. The molecule has 0 aliphatic rings. The van der Waals surface area contributed by atoms with E-state index < -0.39 is 5.54 Å². The minimum atomic E-state index is -0.786. The van der Waals surface area contributed by atoms with E-state index in [2.05, 4.69) is 5.32 Å². The first-order valence-corrected chi connectivity index (χ1v) is 5.72. The van der Waals surface area contributed by atoms with Crippen molar-refractivity contribution in [3.63, 3.8) is 0 Å². The summed E-state index contributed by atoms with van der Waals surface area (Å²) in [6, 6.07) is 9.62. The third kappa shape index (κ3) is 3.05. The van der Waals surface area contributed by atoms with Gasteiger partial charge in [0.2, 0.25) is 5.91 Å². The molecular formula is C13H21N3O. The van der Waals surface area contributed by atoms with Crippen LogP contribution in [0, 0.1) is 0 Å². The molecule has 0 saturated heterocycles. The number of nitrogens with one attached hydrogen (secondary N) is 1. The number of carbonyl (C=O) groups is 1. The van der Waals surface area contributed by atoms with Gasteiger partial charge in [0.05, 0.1) is 0 Å². The van der Waals surface area contributed by atoms with Crippen LogP contribution in [-0.4, -0.2) is 38.5 Å². The number of nitrogens with zero attached hydrogens (tertiary/aromatic N) is 1. The molecule has 0 radical (unpaired) electrons. The van der Waals surface area contributed by atoms with E-state index in [1.807, 2.05) is 49.3 Å². The zero-order chi connectivity index (χ0) is 12.9. The SMILES string of the molecule is CNC(CCN(C)C)(C(N)=O)c1ccccc1. The third-order valence-corrected chi connectivity index (χ3v) is 3.05. The number of likely N-dealkylation sites (N-methyl/N-ethyl adjacent to an activating group) is 1. The summed E-state index contributed by atoms with van der Waals surface area (Å²) in [6.07, 6.45) is 0.649. The molecular weight excluding hydrogens is 214 g/mol. The van der Waals surface area contributed by atoms with Crippen LogP contribution in [-0.2, 0) is 10.3 Å². The molecule has 1 unspecified atom stereocenters. The molecule has 0 aromatic heterocycles. The van der Waals surface area contributed by atoms with Crippen molar-refractivity contribution in [2.24, 2.45) is 5.73 Å². The zero-order valence-corrected chi connectivity index (χ0v) is 10.7. The molecule has 4 heteroatoms. The van der Waals surface area contributed by atoms with Gasteiger partial charge in [-0.2, -0.15) is 0 Å². The van der Waals surface area contributed by atoms with E-state index in [4.69, 9.17) is 5.73 Å². The van der Waals surface area contributed by atoms with Crippen LogP contribution in [0.15, 0.2) is 30.3 Å². The summed E-state index contributed by atoms with van der Waals surface area (Å²) >= 11 is 0. The van der Waals surface area contributed by atoms with E-state index in [1.165, 1.54) is 0 Å². The van der Waals surface area contributed by atoms with Crippen molar-refractivity contribution < 1.29 is 4.79 Å². The number of carbonyl (C=O) groups excluding carboxylic acids is 1. The Labute approximate surface area is 103 Å². The van der Waals surface area contributed by atoms with Gasteiger partial charge in [0.25, 0.3) is 0 Å². The van der Waals surface area contributed by atoms with Crippen LogP contribution < -0.4 is 11.1 Å². The minimum Gasteiger partial charge on any atom is -0.368 e. The summed E-state index contributed by atoms with van der Waals surface area (Å²) in [5.74, 6) is -0.340. The number of amides is 1. The second kappa shape index (κ2) is 5.80. The smallest absolute Gasteiger partial charge is 0.242 e. The van der Waals surface area contributed by atoms with E-state index >= 15 is 0 Å². The summed E-state index contributed by atoms with van der Waals surface area (Å²) in [7, 11) is 5.73. The molecule has 4 nitrogen and oxygen atoms in total.